The molecule has 0 fully saturated rings. The summed E-state index contributed by atoms with van der Waals surface area (Å²) in [5, 5.41) is 0. The van der Waals surface area contributed by atoms with Crippen molar-refractivity contribution in [3.05, 3.63) is 58.6 Å². The maximum absolute atomic E-state index is 5.65. The number of nitrogens with two attached hydrogens (primary N) is 1. The van der Waals surface area contributed by atoms with Crippen LogP contribution in [0.4, 0.5) is 11.4 Å². The van der Waals surface area contributed by atoms with Gasteiger partial charge in [-0.15, -0.1) is 0 Å². The van der Waals surface area contributed by atoms with Crippen molar-refractivity contribution in [1.29, 1.82) is 0 Å². The molecule has 0 atom stereocenters. The minimum absolute atomic E-state index is 0.677. The first-order chi connectivity index (χ1) is 10.3. The molecular weight excluding hydrogens is 324 g/mol. The molecular formula is C18H23BrN2. The molecule has 0 saturated carbocycles. The first kappa shape index (κ1) is 16.1. The van der Waals surface area contributed by atoms with E-state index in [-0.39, 0.29) is 0 Å². The van der Waals surface area contributed by atoms with Crippen molar-refractivity contribution in [3.63, 3.8) is 0 Å². The fourth-order valence-corrected chi connectivity index (χ4v) is 2.96. The largest absolute Gasteiger partial charge is 0.341 e. The number of unbranched alkanes of at least 4 members (excludes halogenated alkanes) is 1. The third-order valence-electron chi connectivity index (χ3n) is 3.57. The van der Waals surface area contributed by atoms with Crippen LogP contribution in [-0.2, 0) is 6.42 Å². The monoisotopic (exact) mass is 346 g/mol. The number of hydrogen-bond donors (Lipinski definition) is 1. The summed E-state index contributed by atoms with van der Waals surface area (Å²) in [7, 11) is 0. The lowest BCUT2D eigenvalue weighted by atomic mass is 10.1. The van der Waals surface area contributed by atoms with Crippen molar-refractivity contribution in [2.75, 3.05) is 18.0 Å². The Balaban J connectivity index is 2.30. The predicted molar refractivity (Wildman–Crippen MR) is 95.3 cm³/mol. The van der Waals surface area contributed by atoms with E-state index in [1.165, 1.54) is 29.8 Å². The fourth-order valence-electron chi connectivity index (χ4n) is 2.39. The Morgan fingerprint density at radius 2 is 1.81 bits per heavy atom. The summed E-state index contributed by atoms with van der Waals surface area (Å²) in [6.07, 6.45) is 3.27. The summed E-state index contributed by atoms with van der Waals surface area (Å²) in [5.74, 6) is 0. The Labute approximate surface area is 136 Å². The van der Waals surface area contributed by atoms with Gasteiger partial charge in [-0.3, -0.25) is 0 Å². The van der Waals surface area contributed by atoms with E-state index in [1.54, 1.807) is 0 Å². The topological polar surface area (TPSA) is 29.3 Å². The second-order valence-electron chi connectivity index (χ2n) is 5.16. The zero-order chi connectivity index (χ0) is 15.1. The van der Waals surface area contributed by atoms with Gasteiger partial charge in [-0.05, 0) is 49.2 Å². The van der Waals surface area contributed by atoms with Crippen molar-refractivity contribution >= 4 is 27.3 Å². The number of rotatable bonds is 7. The van der Waals surface area contributed by atoms with Crippen LogP contribution in [0.25, 0.3) is 0 Å². The van der Waals surface area contributed by atoms with Gasteiger partial charge in [0.05, 0.1) is 0 Å². The lowest BCUT2D eigenvalue weighted by Gasteiger charge is -2.25. The molecule has 2 nitrogen and oxygen atoms in total. The first-order valence-corrected chi connectivity index (χ1v) is 8.36. The highest BCUT2D eigenvalue weighted by molar-refractivity contribution is 9.10. The van der Waals surface area contributed by atoms with E-state index in [0.29, 0.717) is 6.54 Å². The van der Waals surface area contributed by atoms with Crippen LogP contribution in [0.5, 0.6) is 0 Å². The fraction of sp³-hybridized carbons (Fsp3) is 0.333. The van der Waals surface area contributed by atoms with Crippen LogP contribution >= 0.6 is 15.9 Å². The number of hydrogen-bond acceptors (Lipinski definition) is 2. The number of halogens is 1. The van der Waals surface area contributed by atoms with Crippen LogP contribution in [0.3, 0.4) is 0 Å². The smallest absolute Gasteiger partial charge is 0.0422 e. The van der Waals surface area contributed by atoms with Crippen LogP contribution in [0.15, 0.2) is 53.0 Å². The highest BCUT2D eigenvalue weighted by Gasteiger charge is 2.10. The van der Waals surface area contributed by atoms with Gasteiger partial charge in [0.2, 0.25) is 0 Å². The van der Waals surface area contributed by atoms with Crippen LogP contribution in [0.1, 0.15) is 25.3 Å². The molecule has 0 unspecified atom stereocenters. The van der Waals surface area contributed by atoms with E-state index in [2.05, 4.69) is 76.3 Å². The van der Waals surface area contributed by atoms with Gasteiger partial charge in [-0.1, -0.05) is 53.5 Å². The van der Waals surface area contributed by atoms with Crippen LogP contribution in [0, 0.1) is 0 Å². The van der Waals surface area contributed by atoms with Gasteiger partial charge in [-0.2, -0.15) is 0 Å². The third kappa shape index (κ3) is 4.32. The summed E-state index contributed by atoms with van der Waals surface area (Å²) in [6, 6.07) is 17.1. The minimum atomic E-state index is 0.677. The van der Waals surface area contributed by atoms with E-state index in [9.17, 15) is 0 Å². The van der Waals surface area contributed by atoms with Crippen LogP contribution < -0.4 is 10.6 Å². The molecule has 0 aliphatic heterocycles. The van der Waals surface area contributed by atoms with Gasteiger partial charge in [-0.25, -0.2) is 0 Å². The molecule has 0 heterocycles. The Bertz CT molecular complexity index is 554. The van der Waals surface area contributed by atoms with Gasteiger partial charge >= 0.3 is 0 Å². The molecule has 2 aromatic rings. The molecule has 0 aliphatic rings. The van der Waals surface area contributed by atoms with E-state index in [4.69, 9.17) is 5.73 Å². The molecule has 0 saturated heterocycles. The Kier molecular flexibility index (Phi) is 6.27. The zero-order valence-corrected chi connectivity index (χ0v) is 14.1. The molecule has 2 rings (SSSR count). The zero-order valence-electron chi connectivity index (χ0n) is 12.6. The van der Waals surface area contributed by atoms with Crippen molar-refractivity contribution in [3.8, 4) is 0 Å². The molecule has 0 bridgehead atoms. The van der Waals surface area contributed by atoms with Gasteiger partial charge < -0.3 is 10.6 Å². The highest BCUT2D eigenvalue weighted by atomic mass is 79.9. The molecule has 0 spiro atoms. The van der Waals surface area contributed by atoms with Crippen molar-refractivity contribution in [2.45, 2.75) is 26.2 Å². The summed E-state index contributed by atoms with van der Waals surface area (Å²) in [5.41, 5.74) is 9.39. The average Bonchev–Trinajstić information content (AvgIpc) is 2.51. The predicted octanol–water partition coefficient (Wildman–Crippen LogP) is 4.89. The number of nitrogens with zero attached hydrogens (tertiary/aromatic N) is 1. The second kappa shape index (κ2) is 8.20. The molecule has 2 N–H and O–H groups in total. The maximum atomic E-state index is 5.65. The number of benzene rings is 2. The second-order valence-corrected chi connectivity index (χ2v) is 6.01. The minimum Gasteiger partial charge on any atom is -0.341 e. The highest BCUT2D eigenvalue weighted by Crippen LogP contribution is 2.30. The lowest BCUT2D eigenvalue weighted by molar-refractivity contribution is 0.785. The third-order valence-corrected chi connectivity index (χ3v) is 4.30. The molecule has 3 heteroatoms. The summed E-state index contributed by atoms with van der Waals surface area (Å²) in [6.45, 7) is 3.93. The lowest BCUT2D eigenvalue weighted by Crippen LogP contribution is -2.18. The van der Waals surface area contributed by atoms with E-state index in [1.807, 2.05) is 0 Å². The Morgan fingerprint density at radius 3 is 2.43 bits per heavy atom. The van der Waals surface area contributed by atoms with Gasteiger partial charge in [0.15, 0.2) is 0 Å². The van der Waals surface area contributed by atoms with Crippen molar-refractivity contribution in [1.82, 2.24) is 0 Å². The van der Waals surface area contributed by atoms with E-state index in [0.717, 1.165) is 17.4 Å². The van der Waals surface area contributed by atoms with Gasteiger partial charge in [0.25, 0.3) is 0 Å². The molecule has 0 amide bonds. The summed E-state index contributed by atoms with van der Waals surface area (Å²) >= 11 is 3.67. The van der Waals surface area contributed by atoms with E-state index >= 15 is 0 Å². The van der Waals surface area contributed by atoms with Crippen molar-refractivity contribution < 1.29 is 0 Å². The number of para-hydroxylation sites is 1. The quantitative estimate of drug-likeness (QED) is 0.773. The summed E-state index contributed by atoms with van der Waals surface area (Å²) in [4.78, 5) is 2.38. The van der Waals surface area contributed by atoms with Crippen LogP contribution in [-0.4, -0.2) is 13.1 Å². The molecule has 112 valence electrons. The van der Waals surface area contributed by atoms with E-state index < -0.39 is 0 Å². The maximum Gasteiger partial charge on any atom is 0.0422 e. The Morgan fingerprint density at radius 1 is 1.05 bits per heavy atom. The Hall–Kier alpha value is -1.32. The SMILES string of the molecule is CCCCN(c1ccccc1)c1ccc(CCN)c(Br)c1. The van der Waals surface area contributed by atoms with Crippen molar-refractivity contribution in [2.24, 2.45) is 5.73 Å². The first-order valence-electron chi connectivity index (χ1n) is 7.57. The number of anilines is 2. The normalized spacial score (nSPS) is 10.6. The van der Waals surface area contributed by atoms with Gasteiger partial charge in [0.1, 0.15) is 0 Å². The molecule has 0 radical (unpaired) electrons. The molecule has 2 aromatic carbocycles. The average molecular weight is 347 g/mol. The molecule has 21 heavy (non-hydrogen) atoms. The summed E-state index contributed by atoms with van der Waals surface area (Å²) < 4.78 is 1.14. The molecule has 0 aliphatic carbocycles. The van der Waals surface area contributed by atoms with Gasteiger partial charge in [0, 0.05) is 22.4 Å². The molecule has 0 aromatic heterocycles. The standard InChI is InChI=1S/C18H23BrN2/c1-2-3-13-21(16-7-5-4-6-8-16)17-10-9-15(11-12-20)18(19)14-17/h4-10,14H,2-3,11-13,20H2,1H3. The van der Waals surface area contributed by atoms with Crippen LogP contribution in [0.2, 0.25) is 0 Å².